The van der Waals surface area contributed by atoms with E-state index >= 15 is 0 Å². The van der Waals surface area contributed by atoms with Gasteiger partial charge in [0.1, 0.15) is 0 Å². The first-order valence-corrected chi connectivity index (χ1v) is 7.74. The number of methoxy groups -OCH3 is 1. The lowest BCUT2D eigenvalue weighted by atomic mass is 10.4. The maximum Gasteiger partial charge on any atom is 0.409 e. The van der Waals surface area contributed by atoms with Crippen molar-refractivity contribution < 1.29 is 17.9 Å². The summed E-state index contributed by atoms with van der Waals surface area (Å²) in [4.78, 5) is 12.9. The predicted octanol–water partition coefficient (Wildman–Crippen LogP) is -1.48. The molecule has 0 unspecified atom stereocenters. The fraction of sp³-hybridized carbons (Fsp3) is 0.900. The molecule has 2 heterocycles. The Balaban J connectivity index is 1.94. The quantitative estimate of drug-likeness (QED) is 0.671. The summed E-state index contributed by atoms with van der Waals surface area (Å²) < 4.78 is 32.3. The molecule has 2 saturated heterocycles. The van der Waals surface area contributed by atoms with Gasteiger partial charge in [-0.15, -0.1) is 0 Å². The number of hydrogen-bond acceptors (Lipinski definition) is 5. The van der Waals surface area contributed by atoms with Crippen LogP contribution in [0.3, 0.4) is 0 Å². The Morgan fingerprint density at radius 2 is 1.53 bits per heavy atom. The molecule has 0 atom stereocenters. The van der Waals surface area contributed by atoms with Crippen LogP contribution in [0.15, 0.2) is 0 Å². The second-order valence-corrected chi connectivity index (χ2v) is 6.44. The Kier molecular flexibility index (Phi) is 4.61. The molecule has 110 valence electrons. The highest BCUT2D eigenvalue weighted by Gasteiger charge is 2.34. The Bertz CT molecular complexity index is 413. The van der Waals surface area contributed by atoms with Crippen LogP contribution in [-0.2, 0) is 14.9 Å². The van der Waals surface area contributed by atoms with Gasteiger partial charge >= 0.3 is 6.09 Å². The lowest BCUT2D eigenvalue weighted by Gasteiger charge is -2.37. The van der Waals surface area contributed by atoms with Crippen LogP contribution in [-0.4, -0.2) is 87.5 Å². The number of hydrogen-bond donors (Lipinski definition) is 1. The van der Waals surface area contributed by atoms with Crippen LogP contribution < -0.4 is 5.32 Å². The van der Waals surface area contributed by atoms with Crippen molar-refractivity contribution in [1.29, 1.82) is 0 Å². The van der Waals surface area contributed by atoms with E-state index in [9.17, 15) is 13.2 Å². The highest BCUT2D eigenvalue weighted by atomic mass is 32.2. The third-order valence-corrected chi connectivity index (χ3v) is 5.44. The molecule has 2 rings (SSSR count). The van der Waals surface area contributed by atoms with Gasteiger partial charge in [0.15, 0.2) is 0 Å². The minimum absolute atomic E-state index is 0.321. The van der Waals surface area contributed by atoms with E-state index in [-0.39, 0.29) is 0 Å². The van der Waals surface area contributed by atoms with Gasteiger partial charge in [0.2, 0.25) is 0 Å². The van der Waals surface area contributed by atoms with Gasteiger partial charge in [0, 0.05) is 52.4 Å². The predicted molar refractivity (Wildman–Crippen MR) is 68.9 cm³/mol. The number of amides is 1. The summed E-state index contributed by atoms with van der Waals surface area (Å²) >= 11 is 0. The van der Waals surface area contributed by atoms with E-state index in [0.717, 1.165) is 0 Å². The molecule has 2 aliphatic rings. The summed E-state index contributed by atoms with van der Waals surface area (Å²) in [5.41, 5.74) is 0. The molecule has 0 spiro atoms. The van der Waals surface area contributed by atoms with E-state index in [1.807, 2.05) is 0 Å². The zero-order chi connectivity index (χ0) is 13.9. The number of piperazine rings is 2. The average molecular weight is 292 g/mol. The Morgan fingerprint density at radius 3 is 2.05 bits per heavy atom. The maximum absolute atomic E-state index is 12.4. The number of nitrogens with one attached hydrogen (secondary N) is 1. The van der Waals surface area contributed by atoms with E-state index in [0.29, 0.717) is 52.4 Å². The van der Waals surface area contributed by atoms with E-state index in [1.54, 1.807) is 0 Å². The summed E-state index contributed by atoms with van der Waals surface area (Å²) in [6.45, 7) is 3.75. The number of rotatable bonds is 2. The van der Waals surface area contributed by atoms with Gasteiger partial charge in [-0.1, -0.05) is 0 Å². The van der Waals surface area contributed by atoms with Crippen molar-refractivity contribution in [3.63, 3.8) is 0 Å². The number of carbonyl (C=O) groups is 1. The minimum atomic E-state index is -3.39. The summed E-state index contributed by atoms with van der Waals surface area (Å²) in [7, 11) is -2.07. The van der Waals surface area contributed by atoms with Gasteiger partial charge in [0.05, 0.1) is 7.11 Å². The zero-order valence-electron chi connectivity index (χ0n) is 11.0. The second kappa shape index (κ2) is 6.04. The zero-order valence-corrected chi connectivity index (χ0v) is 11.9. The van der Waals surface area contributed by atoms with Crippen LogP contribution >= 0.6 is 0 Å². The van der Waals surface area contributed by atoms with E-state index in [1.165, 1.54) is 20.6 Å². The molecular formula is C10H20N4O4S. The highest BCUT2D eigenvalue weighted by Crippen LogP contribution is 2.13. The first-order chi connectivity index (χ1) is 9.05. The normalized spacial score (nSPS) is 23.3. The van der Waals surface area contributed by atoms with Crippen molar-refractivity contribution in [2.24, 2.45) is 0 Å². The number of carbonyl (C=O) groups excluding carboxylic acids is 1. The monoisotopic (exact) mass is 292 g/mol. The molecule has 0 aromatic heterocycles. The minimum Gasteiger partial charge on any atom is -0.453 e. The Hall–Kier alpha value is -0.900. The molecule has 19 heavy (non-hydrogen) atoms. The van der Waals surface area contributed by atoms with Crippen molar-refractivity contribution in [3.05, 3.63) is 0 Å². The van der Waals surface area contributed by atoms with E-state index < -0.39 is 16.3 Å². The van der Waals surface area contributed by atoms with Crippen molar-refractivity contribution >= 4 is 16.3 Å². The van der Waals surface area contributed by atoms with Gasteiger partial charge in [-0.05, 0) is 0 Å². The third-order valence-electron chi connectivity index (χ3n) is 3.40. The van der Waals surface area contributed by atoms with Gasteiger partial charge in [-0.2, -0.15) is 17.0 Å². The van der Waals surface area contributed by atoms with Crippen molar-refractivity contribution in [3.8, 4) is 0 Å². The van der Waals surface area contributed by atoms with Gasteiger partial charge < -0.3 is 15.0 Å². The molecule has 0 aromatic carbocycles. The van der Waals surface area contributed by atoms with E-state index in [2.05, 4.69) is 10.1 Å². The summed E-state index contributed by atoms with van der Waals surface area (Å²) in [5, 5.41) is 3.13. The standard InChI is InChI=1S/C10H20N4O4S/c1-18-10(15)12-6-8-14(9-7-12)19(16,17)13-4-2-11-3-5-13/h11H,2-9H2,1H3. The Morgan fingerprint density at radius 1 is 1.00 bits per heavy atom. The lowest BCUT2D eigenvalue weighted by Crippen LogP contribution is -2.57. The molecule has 2 aliphatic heterocycles. The second-order valence-electron chi connectivity index (χ2n) is 4.51. The summed E-state index contributed by atoms with van der Waals surface area (Å²) in [6.07, 6.45) is -0.403. The molecule has 2 fully saturated rings. The molecule has 0 saturated carbocycles. The Labute approximate surface area is 113 Å². The topological polar surface area (TPSA) is 82.2 Å². The van der Waals surface area contributed by atoms with Crippen LogP contribution in [0.1, 0.15) is 0 Å². The first-order valence-electron chi connectivity index (χ1n) is 6.34. The molecular weight excluding hydrogens is 272 g/mol. The highest BCUT2D eigenvalue weighted by molar-refractivity contribution is 7.86. The fourth-order valence-corrected chi connectivity index (χ4v) is 3.86. The largest absolute Gasteiger partial charge is 0.453 e. The van der Waals surface area contributed by atoms with Crippen LogP contribution in [0.25, 0.3) is 0 Å². The van der Waals surface area contributed by atoms with Crippen molar-refractivity contribution in [2.75, 3.05) is 59.5 Å². The smallest absolute Gasteiger partial charge is 0.409 e. The number of ether oxygens (including phenoxy) is 1. The van der Waals surface area contributed by atoms with Crippen LogP contribution in [0.4, 0.5) is 4.79 Å². The van der Waals surface area contributed by atoms with Crippen LogP contribution in [0.2, 0.25) is 0 Å². The average Bonchev–Trinajstić information content (AvgIpc) is 2.47. The molecule has 0 bridgehead atoms. The molecule has 9 heteroatoms. The van der Waals surface area contributed by atoms with Gasteiger partial charge in [-0.3, -0.25) is 0 Å². The van der Waals surface area contributed by atoms with E-state index in [4.69, 9.17) is 0 Å². The summed E-state index contributed by atoms with van der Waals surface area (Å²) in [6, 6.07) is 0. The lowest BCUT2D eigenvalue weighted by molar-refractivity contribution is 0.106. The molecule has 1 amide bonds. The number of nitrogens with zero attached hydrogens (tertiary/aromatic N) is 3. The molecule has 1 N–H and O–H groups in total. The van der Waals surface area contributed by atoms with Crippen molar-refractivity contribution in [2.45, 2.75) is 0 Å². The van der Waals surface area contributed by atoms with Gasteiger partial charge in [0.25, 0.3) is 10.2 Å². The third kappa shape index (κ3) is 3.16. The van der Waals surface area contributed by atoms with Crippen LogP contribution in [0.5, 0.6) is 0 Å². The van der Waals surface area contributed by atoms with Crippen LogP contribution in [0, 0.1) is 0 Å². The SMILES string of the molecule is COC(=O)N1CCN(S(=O)(=O)N2CCNCC2)CC1. The first kappa shape index (κ1) is 14.5. The van der Waals surface area contributed by atoms with Crippen molar-refractivity contribution in [1.82, 2.24) is 18.8 Å². The molecule has 0 aromatic rings. The maximum atomic E-state index is 12.4. The fourth-order valence-electron chi connectivity index (χ4n) is 2.27. The molecule has 8 nitrogen and oxygen atoms in total. The molecule has 0 aliphatic carbocycles. The molecule has 0 radical (unpaired) electrons. The summed E-state index contributed by atoms with van der Waals surface area (Å²) in [5.74, 6) is 0. The van der Waals surface area contributed by atoms with Gasteiger partial charge in [-0.25, -0.2) is 4.79 Å².